The Morgan fingerprint density at radius 2 is 2.00 bits per heavy atom. The van der Waals surface area contributed by atoms with E-state index in [1.54, 1.807) is 20.8 Å². The van der Waals surface area contributed by atoms with Crippen molar-refractivity contribution in [3.05, 3.63) is 33.4 Å². The number of nitrogens with one attached hydrogen (secondary N) is 1. The van der Waals surface area contributed by atoms with Crippen molar-refractivity contribution < 1.29 is 18.4 Å². The summed E-state index contributed by atoms with van der Waals surface area (Å²) in [6, 6.07) is 2.44. The average molecular weight is 302 g/mol. The smallest absolute Gasteiger partial charge is 0.273 e. The number of nitro groups is 1. The lowest BCUT2D eigenvalue weighted by Crippen LogP contribution is -2.27. The molecule has 112 valence electrons. The summed E-state index contributed by atoms with van der Waals surface area (Å²) in [6.45, 7) is 4.82. The van der Waals surface area contributed by atoms with Crippen molar-refractivity contribution in [2.24, 2.45) is 0 Å². The summed E-state index contributed by atoms with van der Waals surface area (Å²) in [5, 5.41) is 20.0. The maximum atomic E-state index is 12.0. The zero-order valence-corrected chi connectivity index (χ0v) is 12.4. The van der Waals surface area contributed by atoms with Gasteiger partial charge in [0.2, 0.25) is 10.0 Å². The normalized spacial score (nSPS) is 13.2. The van der Waals surface area contributed by atoms with Gasteiger partial charge in [-0.1, -0.05) is 0 Å². The highest BCUT2D eigenvalue weighted by Crippen LogP contribution is 2.25. The van der Waals surface area contributed by atoms with Crippen LogP contribution in [0.1, 0.15) is 24.5 Å². The summed E-state index contributed by atoms with van der Waals surface area (Å²) in [4.78, 5) is 10.2. The van der Waals surface area contributed by atoms with Gasteiger partial charge in [0.05, 0.1) is 15.9 Å². The Morgan fingerprint density at radius 3 is 2.50 bits per heavy atom. The average Bonchev–Trinajstić information content (AvgIpc) is 2.31. The van der Waals surface area contributed by atoms with Gasteiger partial charge >= 0.3 is 0 Å². The van der Waals surface area contributed by atoms with Gasteiger partial charge in [0.15, 0.2) is 0 Å². The molecule has 8 heteroatoms. The van der Waals surface area contributed by atoms with Crippen LogP contribution in [0.2, 0.25) is 0 Å². The second-order valence-electron chi connectivity index (χ2n) is 4.68. The molecule has 0 amide bonds. The van der Waals surface area contributed by atoms with Crippen LogP contribution in [0.3, 0.4) is 0 Å². The van der Waals surface area contributed by atoms with Crippen LogP contribution in [0.15, 0.2) is 17.0 Å². The first-order valence-electron chi connectivity index (χ1n) is 6.08. The Hall–Kier alpha value is -1.51. The van der Waals surface area contributed by atoms with Gasteiger partial charge in [-0.2, -0.15) is 0 Å². The molecular formula is C12H18N2O5S. The fourth-order valence-electron chi connectivity index (χ4n) is 1.64. The third kappa shape index (κ3) is 3.99. The number of rotatable bonds is 6. The number of nitro benzene ring substituents is 1. The third-order valence-corrected chi connectivity index (χ3v) is 4.42. The molecule has 0 saturated heterocycles. The molecule has 1 rings (SSSR count). The van der Waals surface area contributed by atoms with Crippen LogP contribution in [0, 0.1) is 24.0 Å². The van der Waals surface area contributed by atoms with E-state index in [2.05, 4.69) is 4.72 Å². The van der Waals surface area contributed by atoms with E-state index in [1.807, 2.05) is 0 Å². The molecule has 0 aromatic heterocycles. The Morgan fingerprint density at radius 1 is 1.40 bits per heavy atom. The van der Waals surface area contributed by atoms with Crippen LogP contribution < -0.4 is 4.72 Å². The molecular weight excluding hydrogens is 284 g/mol. The minimum absolute atomic E-state index is 0.0702. The zero-order valence-electron chi connectivity index (χ0n) is 11.6. The Kier molecular flexibility index (Phi) is 5.21. The van der Waals surface area contributed by atoms with E-state index in [0.717, 1.165) is 6.07 Å². The SMILES string of the molecule is Cc1cc(S(=O)(=O)NCCC(C)O)cc([N+](=O)[O-])c1C. The number of aliphatic hydroxyl groups is 1. The first-order chi connectivity index (χ1) is 9.15. The van der Waals surface area contributed by atoms with Crippen molar-refractivity contribution in [1.82, 2.24) is 4.72 Å². The minimum Gasteiger partial charge on any atom is -0.393 e. The maximum Gasteiger partial charge on any atom is 0.273 e. The summed E-state index contributed by atoms with van der Waals surface area (Å²) in [6.07, 6.45) is -0.349. The van der Waals surface area contributed by atoms with Gasteiger partial charge in [0.25, 0.3) is 5.69 Å². The van der Waals surface area contributed by atoms with Gasteiger partial charge < -0.3 is 5.11 Å². The van der Waals surface area contributed by atoms with Crippen LogP contribution >= 0.6 is 0 Å². The molecule has 1 atom stereocenters. The molecule has 2 N–H and O–H groups in total. The molecule has 0 saturated carbocycles. The molecule has 1 unspecified atom stereocenters. The zero-order chi connectivity index (χ0) is 15.5. The molecule has 0 aliphatic carbocycles. The predicted molar refractivity (Wildman–Crippen MR) is 74.1 cm³/mol. The lowest BCUT2D eigenvalue weighted by Gasteiger charge is -2.10. The highest BCUT2D eigenvalue weighted by atomic mass is 32.2. The quantitative estimate of drug-likeness (QED) is 0.607. The van der Waals surface area contributed by atoms with E-state index >= 15 is 0 Å². The van der Waals surface area contributed by atoms with Gasteiger partial charge in [0, 0.05) is 18.2 Å². The molecule has 1 aromatic rings. The number of benzene rings is 1. The highest BCUT2D eigenvalue weighted by Gasteiger charge is 2.21. The summed E-state index contributed by atoms with van der Waals surface area (Å²) >= 11 is 0. The summed E-state index contributed by atoms with van der Waals surface area (Å²) < 4.78 is 26.4. The molecule has 20 heavy (non-hydrogen) atoms. The highest BCUT2D eigenvalue weighted by molar-refractivity contribution is 7.89. The first kappa shape index (κ1) is 16.5. The topological polar surface area (TPSA) is 110 Å². The maximum absolute atomic E-state index is 12.0. The molecule has 7 nitrogen and oxygen atoms in total. The number of hydrogen-bond donors (Lipinski definition) is 2. The Balaban J connectivity index is 3.10. The standard InChI is InChI=1S/C12H18N2O5S/c1-8-6-11(7-12(10(8)3)14(16)17)20(18,19)13-5-4-9(2)15/h6-7,9,13,15H,4-5H2,1-3H3. The summed E-state index contributed by atoms with van der Waals surface area (Å²) in [5.74, 6) is 0. The molecule has 0 aliphatic rings. The second kappa shape index (κ2) is 6.29. The number of nitrogens with zero attached hydrogens (tertiary/aromatic N) is 1. The van der Waals surface area contributed by atoms with Crippen molar-refractivity contribution in [3.63, 3.8) is 0 Å². The van der Waals surface area contributed by atoms with Crippen molar-refractivity contribution in [3.8, 4) is 0 Å². The molecule has 0 heterocycles. The molecule has 0 fully saturated rings. The van der Waals surface area contributed by atoms with E-state index in [0.29, 0.717) is 11.1 Å². The monoisotopic (exact) mass is 302 g/mol. The van der Waals surface area contributed by atoms with Gasteiger partial charge in [-0.3, -0.25) is 10.1 Å². The van der Waals surface area contributed by atoms with E-state index in [9.17, 15) is 18.5 Å². The van der Waals surface area contributed by atoms with Crippen LogP contribution in [-0.2, 0) is 10.0 Å². The van der Waals surface area contributed by atoms with Crippen molar-refractivity contribution in [1.29, 1.82) is 0 Å². The fourth-order valence-corrected chi connectivity index (χ4v) is 2.79. The Labute approximate surface area is 117 Å². The van der Waals surface area contributed by atoms with Crippen LogP contribution in [0.5, 0.6) is 0 Å². The van der Waals surface area contributed by atoms with E-state index in [-0.39, 0.29) is 23.5 Å². The van der Waals surface area contributed by atoms with E-state index in [1.165, 1.54) is 6.07 Å². The van der Waals surface area contributed by atoms with Gasteiger partial charge in [-0.25, -0.2) is 13.1 Å². The first-order valence-corrected chi connectivity index (χ1v) is 7.57. The van der Waals surface area contributed by atoms with Gasteiger partial charge in [-0.05, 0) is 38.8 Å². The van der Waals surface area contributed by atoms with Gasteiger partial charge in [0.1, 0.15) is 0 Å². The molecule has 0 radical (unpaired) electrons. The minimum atomic E-state index is -3.82. The lowest BCUT2D eigenvalue weighted by atomic mass is 10.1. The summed E-state index contributed by atoms with van der Waals surface area (Å²) in [5.41, 5.74) is 0.758. The second-order valence-corrected chi connectivity index (χ2v) is 6.44. The van der Waals surface area contributed by atoms with Gasteiger partial charge in [-0.15, -0.1) is 0 Å². The van der Waals surface area contributed by atoms with E-state index in [4.69, 9.17) is 5.11 Å². The number of aryl methyl sites for hydroxylation is 1. The largest absolute Gasteiger partial charge is 0.393 e. The van der Waals surface area contributed by atoms with Crippen LogP contribution in [0.4, 0.5) is 5.69 Å². The van der Waals surface area contributed by atoms with Crippen molar-refractivity contribution in [2.75, 3.05) is 6.54 Å². The lowest BCUT2D eigenvalue weighted by molar-refractivity contribution is -0.385. The number of hydrogen-bond acceptors (Lipinski definition) is 5. The summed E-state index contributed by atoms with van der Waals surface area (Å²) in [7, 11) is -3.82. The molecule has 0 aliphatic heterocycles. The molecule has 0 spiro atoms. The van der Waals surface area contributed by atoms with Crippen LogP contribution in [-0.4, -0.2) is 31.1 Å². The van der Waals surface area contributed by atoms with Crippen LogP contribution in [0.25, 0.3) is 0 Å². The Bertz CT molecular complexity index is 611. The fraction of sp³-hybridized carbons (Fsp3) is 0.500. The van der Waals surface area contributed by atoms with Crippen molar-refractivity contribution in [2.45, 2.75) is 38.2 Å². The number of aliphatic hydroxyl groups excluding tert-OH is 1. The number of sulfonamides is 1. The van der Waals surface area contributed by atoms with E-state index < -0.39 is 21.1 Å². The molecule has 1 aromatic carbocycles. The molecule has 0 bridgehead atoms. The predicted octanol–water partition coefficient (Wildman–Crippen LogP) is 1.26. The van der Waals surface area contributed by atoms with Crippen molar-refractivity contribution >= 4 is 15.7 Å². The third-order valence-electron chi connectivity index (χ3n) is 2.97.